The van der Waals surface area contributed by atoms with Crippen LogP contribution in [0.5, 0.6) is 5.75 Å². The molecule has 0 bridgehead atoms. The maximum absolute atomic E-state index is 11.8. The van der Waals surface area contributed by atoms with Crippen LogP contribution < -0.4 is 10.1 Å². The predicted molar refractivity (Wildman–Crippen MR) is 99.9 cm³/mol. The van der Waals surface area contributed by atoms with Crippen LogP contribution in [0.2, 0.25) is 0 Å². The number of ether oxygens (including phenoxy) is 2. The first-order valence-corrected chi connectivity index (χ1v) is 8.60. The van der Waals surface area contributed by atoms with Crippen molar-refractivity contribution in [2.45, 2.75) is 45.8 Å². The fraction of sp³-hybridized carbons (Fsp3) is 0.400. The number of carboxylic acid groups (broad SMARTS) is 1. The Bertz CT molecular complexity index is 794. The third kappa shape index (κ3) is 5.12. The summed E-state index contributed by atoms with van der Waals surface area (Å²) in [5.41, 5.74) is -0.458. The van der Waals surface area contributed by atoms with Crippen LogP contribution in [0.1, 0.15) is 44.5 Å². The number of amides is 1. The molecule has 0 fully saturated rings. The Morgan fingerprint density at radius 3 is 2.46 bits per heavy atom. The number of rotatable bonds is 6. The zero-order valence-corrected chi connectivity index (χ0v) is 15.5. The van der Waals surface area contributed by atoms with E-state index in [1.807, 2.05) is 25.1 Å². The van der Waals surface area contributed by atoms with Gasteiger partial charge in [0.25, 0.3) is 0 Å². The Hall–Kier alpha value is -2.76. The molecule has 1 atom stereocenters. The van der Waals surface area contributed by atoms with E-state index in [4.69, 9.17) is 9.47 Å². The summed E-state index contributed by atoms with van der Waals surface area (Å²) in [6.45, 7) is 7.48. The molecule has 1 unspecified atom stereocenters. The molecule has 2 rings (SSSR count). The van der Waals surface area contributed by atoms with Crippen LogP contribution in [0.4, 0.5) is 4.79 Å². The minimum atomic E-state index is -1.05. The highest BCUT2D eigenvalue weighted by molar-refractivity contribution is 6.06. The first kappa shape index (κ1) is 19.6. The first-order valence-electron chi connectivity index (χ1n) is 8.60. The van der Waals surface area contributed by atoms with Crippen molar-refractivity contribution < 1.29 is 24.2 Å². The highest BCUT2D eigenvalue weighted by Crippen LogP contribution is 2.29. The molecule has 0 saturated carbocycles. The molecule has 0 aliphatic heterocycles. The van der Waals surface area contributed by atoms with E-state index < -0.39 is 17.7 Å². The van der Waals surface area contributed by atoms with Crippen LogP contribution >= 0.6 is 0 Å². The Morgan fingerprint density at radius 2 is 1.85 bits per heavy atom. The van der Waals surface area contributed by atoms with Crippen molar-refractivity contribution in [3.8, 4) is 5.75 Å². The van der Waals surface area contributed by atoms with Gasteiger partial charge in [-0.05, 0) is 44.0 Å². The van der Waals surface area contributed by atoms with E-state index in [1.54, 1.807) is 39.0 Å². The average molecular weight is 359 g/mol. The number of nitrogens with one attached hydrogen (secondary N) is 1. The first-order chi connectivity index (χ1) is 12.2. The minimum Gasteiger partial charge on any atom is -0.488 e. The Morgan fingerprint density at radius 1 is 1.15 bits per heavy atom. The lowest BCUT2D eigenvalue weighted by molar-refractivity contribution is 0.0496. The summed E-state index contributed by atoms with van der Waals surface area (Å²) < 4.78 is 11.1. The van der Waals surface area contributed by atoms with Gasteiger partial charge in [0.15, 0.2) is 0 Å². The Balaban J connectivity index is 2.16. The molecule has 1 amide bonds. The number of hydrogen-bond donors (Lipinski definition) is 2. The number of aromatic carboxylic acids is 1. The maximum atomic E-state index is 11.8. The average Bonchev–Trinajstić information content (AvgIpc) is 2.56. The van der Waals surface area contributed by atoms with Crippen LogP contribution in [0.15, 0.2) is 36.4 Å². The topological polar surface area (TPSA) is 84.9 Å². The van der Waals surface area contributed by atoms with E-state index in [1.165, 1.54) is 0 Å². The summed E-state index contributed by atoms with van der Waals surface area (Å²) in [6, 6.07) is 10.7. The molecular formula is C20H25NO5. The van der Waals surface area contributed by atoms with Crippen LogP contribution in [-0.2, 0) is 4.74 Å². The minimum absolute atomic E-state index is 0.124. The molecule has 6 nitrogen and oxygen atoms in total. The van der Waals surface area contributed by atoms with Gasteiger partial charge in [-0.25, -0.2) is 9.59 Å². The summed E-state index contributed by atoms with van der Waals surface area (Å²) in [4.78, 5) is 23.6. The maximum Gasteiger partial charge on any atom is 0.407 e. The molecule has 0 spiro atoms. The van der Waals surface area contributed by atoms with Crippen LogP contribution in [-0.4, -0.2) is 35.4 Å². The number of benzene rings is 2. The fourth-order valence-electron chi connectivity index (χ4n) is 2.53. The van der Waals surface area contributed by atoms with Gasteiger partial charge >= 0.3 is 12.1 Å². The van der Waals surface area contributed by atoms with Crippen LogP contribution in [0.25, 0.3) is 10.8 Å². The number of carboxylic acids is 1. The van der Waals surface area contributed by atoms with Crippen molar-refractivity contribution >= 4 is 22.8 Å². The smallest absolute Gasteiger partial charge is 0.407 e. The van der Waals surface area contributed by atoms with Gasteiger partial charge in [-0.1, -0.05) is 37.3 Å². The zero-order valence-electron chi connectivity index (χ0n) is 15.5. The second-order valence-corrected chi connectivity index (χ2v) is 7.00. The lowest BCUT2D eigenvalue weighted by Gasteiger charge is -2.23. The van der Waals surface area contributed by atoms with Crippen LogP contribution in [0.3, 0.4) is 0 Å². The third-order valence-electron chi connectivity index (χ3n) is 3.73. The van der Waals surface area contributed by atoms with Crippen molar-refractivity contribution in [2.75, 3.05) is 6.54 Å². The van der Waals surface area contributed by atoms with E-state index in [-0.39, 0.29) is 24.0 Å². The summed E-state index contributed by atoms with van der Waals surface area (Å²) in [5, 5.41) is 13.7. The van der Waals surface area contributed by atoms with Crippen molar-refractivity contribution in [1.29, 1.82) is 0 Å². The predicted octanol–water partition coefficient (Wildman–Crippen LogP) is 4.22. The molecular weight excluding hydrogens is 334 g/mol. The number of carbonyl (C=O) groups is 2. The van der Waals surface area contributed by atoms with Crippen molar-refractivity contribution in [2.24, 2.45) is 0 Å². The van der Waals surface area contributed by atoms with E-state index >= 15 is 0 Å². The van der Waals surface area contributed by atoms with Gasteiger partial charge in [0.1, 0.15) is 23.0 Å². The molecule has 6 heteroatoms. The van der Waals surface area contributed by atoms with Gasteiger partial charge in [0.2, 0.25) is 0 Å². The quantitative estimate of drug-likeness (QED) is 0.806. The Kier molecular flexibility index (Phi) is 6.08. The highest BCUT2D eigenvalue weighted by Gasteiger charge is 2.20. The molecule has 0 heterocycles. The van der Waals surface area contributed by atoms with Gasteiger partial charge in [0.05, 0.1) is 6.54 Å². The standard InChI is InChI=1S/C20H25NO5/c1-5-14(12-21-19(24)26-20(2,3)4)25-16-11-10-13-8-6-7-9-15(13)17(16)18(22)23/h6-11,14H,5,12H2,1-4H3,(H,21,24)(H,22,23). The number of fused-ring (bicyclic) bond motifs is 1. The van der Waals surface area contributed by atoms with E-state index in [2.05, 4.69) is 5.32 Å². The molecule has 0 aliphatic rings. The normalized spacial score (nSPS) is 12.5. The molecule has 2 N–H and O–H groups in total. The second-order valence-electron chi connectivity index (χ2n) is 7.00. The highest BCUT2D eigenvalue weighted by atomic mass is 16.6. The number of carbonyl (C=O) groups excluding carboxylic acids is 1. The summed E-state index contributed by atoms with van der Waals surface area (Å²) in [6.07, 6.45) is -0.305. The SMILES string of the molecule is CCC(CNC(=O)OC(C)(C)C)Oc1ccc2ccccc2c1C(=O)O. The molecule has 26 heavy (non-hydrogen) atoms. The number of hydrogen-bond acceptors (Lipinski definition) is 4. The van der Waals surface area contributed by atoms with Crippen LogP contribution in [0, 0.1) is 0 Å². The summed E-state index contributed by atoms with van der Waals surface area (Å²) >= 11 is 0. The van der Waals surface area contributed by atoms with Crippen molar-refractivity contribution in [1.82, 2.24) is 5.32 Å². The second kappa shape index (κ2) is 8.08. The molecule has 140 valence electrons. The Labute approximate surface area is 153 Å². The summed E-state index contributed by atoms with van der Waals surface area (Å²) in [5.74, 6) is -0.763. The lowest BCUT2D eigenvalue weighted by Crippen LogP contribution is -2.38. The largest absolute Gasteiger partial charge is 0.488 e. The monoisotopic (exact) mass is 359 g/mol. The number of alkyl carbamates (subject to hydrolysis) is 1. The van der Waals surface area contributed by atoms with Gasteiger partial charge in [0, 0.05) is 0 Å². The van der Waals surface area contributed by atoms with E-state index in [9.17, 15) is 14.7 Å². The third-order valence-corrected chi connectivity index (χ3v) is 3.73. The lowest BCUT2D eigenvalue weighted by atomic mass is 10.0. The molecule has 0 aromatic heterocycles. The van der Waals surface area contributed by atoms with E-state index in [0.717, 1.165) is 5.39 Å². The van der Waals surface area contributed by atoms with Gasteiger partial charge in [-0.3, -0.25) is 0 Å². The van der Waals surface area contributed by atoms with Crippen molar-refractivity contribution in [3.05, 3.63) is 42.0 Å². The van der Waals surface area contributed by atoms with Gasteiger partial charge in [-0.15, -0.1) is 0 Å². The van der Waals surface area contributed by atoms with E-state index in [0.29, 0.717) is 11.8 Å². The molecule has 0 aliphatic carbocycles. The molecule has 2 aromatic rings. The van der Waals surface area contributed by atoms with Crippen molar-refractivity contribution in [3.63, 3.8) is 0 Å². The molecule has 0 radical (unpaired) electrons. The molecule has 2 aromatic carbocycles. The van der Waals surface area contributed by atoms with Gasteiger partial charge < -0.3 is 19.9 Å². The fourth-order valence-corrected chi connectivity index (χ4v) is 2.53. The zero-order chi connectivity index (χ0) is 19.3. The molecule has 0 saturated heterocycles. The van der Waals surface area contributed by atoms with Gasteiger partial charge in [-0.2, -0.15) is 0 Å². The summed E-state index contributed by atoms with van der Waals surface area (Å²) in [7, 11) is 0.